The summed E-state index contributed by atoms with van der Waals surface area (Å²) in [4.78, 5) is 0. The van der Waals surface area contributed by atoms with Crippen molar-refractivity contribution in [3.8, 4) is 6.07 Å². The van der Waals surface area contributed by atoms with Crippen molar-refractivity contribution < 1.29 is 4.39 Å². The SMILES string of the molecule is N#CC1(c2cccc(Cl)c2F)CC=CC1. The first-order chi connectivity index (χ1) is 7.19. The van der Waals surface area contributed by atoms with Crippen molar-refractivity contribution in [2.45, 2.75) is 18.3 Å². The van der Waals surface area contributed by atoms with E-state index in [-0.39, 0.29) is 5.02 Å². The van der Waals surface area contributed by atoms with Crippen LogP contribution in [0.25, 0.3) is 0 Å². The standard InChI is InChI=1S/C12H9ClFN/c13-10-5-3-4-9(11(10)14)12(8-15)6-1-2-7-12/h1-5H,6-7H2. The van der Waals surface area contributed by atoms with Gasteiger partial charge in [0.15, 0.2) is 0 Å². The number of allylic oxidation sites excluding steroid dienone is 2. The van der Waals surface area contributed by atoms with Crippen LogP contribution in [0.15, 0.2) is 30.4 Å². The Kier molecular flexibility index (Phi) is 2.50. The molecule has 2 rings (SSSR count). The normalized spacial score (nSPS) is 17.7. The molecule has 0 spiro atoms. The number of hydrogen-bond acceptors (Lipinski definition) is 1. The molecule has 0 bridgehead atoms. The van der Waals surface area contributed by atoms with Crippen LogP contribution in [-0.2, 0) is 5.41 Å². The van der Waals surface area contributed by atoms with Gasteiger partial charge in [0.05, 0.1) is 16.5 Å². The summed E-state index contributed by atoms with van der Waals surface area (Å²) in [6.45, 7) is 0. The minimum absolute atomic E-state index is 0.0778. The third kappa shape index (κ3) is 1.53. The van der Waals surface area contributed by atoms with Crippen LogP contribution in [0, 0.1) is 17.1 Å². The number of hydrogen-bond donors (Lipinski definition) is 0. The van der Waals surface area contributed by atoms with Gasteiger partial charge in [0, 0.05) is 5.56 Å². The Morgan fingerprint density at radius 1 is 1.33 bits per heavy atom. The summed E-state index contributed by atoms with van der Waals surface area (Å²) in [5.41, 5.74) is -0.350. The van der Waals surface area contributed by atoms with Crippen LogP contribution in [0.2, 0.25) is 5.02 Å². The molecule has 0 heterocycles. The highest BCUT2D eigenvalue weighted by Crippen LogP contribution is 2.39. The monoisotopic (exact) mass is 221 g/mol. The summed E-state index contributed by atoms with van der Waals surface area (Å²) in [7, 11) is 0. The topological polar surface area (TPSA) is 23.8 Å². The van der Waals surface area contributed by atoms with Crippen molar-refractivity contribution in [2.75, 3.05) is 0 Å². The summed E-state index contributed by atoms with van der Waals surface area (Å²) in [6, 6.07) is 7.01. The lowest BCUT2D eigenvalue weighted by Gasteiger charge is -2.21. The number of nitriles is 1. The van der Waals surface area contributed by atoms with Crippen molar-refractivity contribution in [1.29, 1.82) is 5.26 Å². The van der Waals surface area contributed by atoms with E-state index in [2.05, 4.69) is 6.07 Å². The van der Waals surface area contributed by atoms with E-state index < -0.39 is 11.2 Å². The van der Waals surface area contributed by atoms with Gasteiger partial charge < -0.3 is 0 Å². The zero-order valence-corrected chi connectivity index (χ0v) is 8.76. The third-order valence-corrected chi connectivity index (χ3v) is 3.07. The number of nitrogens with zero attached hydrogens (tertiary/aromatic N) is 1. The summed E-state index contributed by atoms with van der Waals surface area (Å²) < 4.78 is 13.8. The molecule has 1 aliphatic carbocycles. The quantitative estimate of drug-likeness (QED) is 0.665. The number of benzene rings is 1. The zero-order chi connectivity index (χ0) is 10.9. The van der Waals surface area contributed by atoms with Crippen LogP contribution in [0.3, 0.4) is 0 Å². The Hall–Kier alpha value is -1.33. The van der Waals surface area contributed by atoms with Crippen LogP contribution in [0.1, 0.15) is 18.4 Å². The maximum absolute atomic E-state index is 13.8. The fraction of sp³-hybridized carbons (Fsp3) is 0.250. The largest absolute Gasteiger partial charge is 0.205 e. The molecule has 1 nitrogen and oxygen atoms in total. The lowest BCUT2D eigenvalue weighted by molar-refractivity contribution is 0.529. The fourth-order valence-corrected chi connectivity index (χ4v) is 2.07. The first-order valence-electron chi connectivity index (χ1n) is 4.70. The predicted molar refractivity (Wildman–Crippen MR) is 57.1 cm³/mol. The zero-order valence-electron chi connectivity index (χ0n) is 8.00. The smallest absolute Gasteiger partial charge is 0.146 e. The second kappa shape index (κ2) is 3.67. The minimum atomic E-state index is -0.755. The highest BCUT2D eigenvalue weighted by atomic mass is 35.5. The maximum atomic E-state index is 13.8. The molecule has 0 N–H and O–H groups in total. The first kappa shape index (κ1) is 10.2. The second-order valence-corrected chi connectivity index (χ2v) is 4.08. The summed E-state index contributed by atoms with van der Waals surface area (Å²) in [6.07, 6.45) is 4.93. The molecule has 3 heteroatoms. The van der Waals surface area contributed by atoms with Gasteiger partial charge in [0.1, 0.15) is 5.82 Å². The Morgan fingerprint density at radius 3 is 2.60 bits per heavy atom. The Balaban J connectivity index is 2.54. The molecule has 76 valence electrons. The van der Waals surface area contributed by atoms with Crippen LogP contribution in [0.4, 0.5) is 4.39 Å². The Labute approximate surface area is 92.8 Å². The summed E-state index contributed by atoms with van der Waals surface area (Å²) in [5, 5.41) is 9.26. The molecule has 1 aromatic rings. The lowest BCUT2D eigenvalue weighted by atomic mass is 9.79. The predicted octanol–water partition coefficient (Wildman–Crippen LogP) is 3.59. The van der Waals surface area contributed by atoms with Gasteiger partial charge in [0.25, 0.3) is 0 Å². The molecular weight excluding hydrogens is 213 g/mol. The molecule has 0 fully saturated rings. The van der Waals surface area contributed by atoms with E-state index in [0.717, 1.165) is 0 Å². The highest BCUT2D eigenvalue weighted by molar-refractivity contribution is 6.30. The molecule has 0 amide bonds. The van der Waals surface area contributed by atoms with Crippen molar-refractivity contribution >= 4 is 11.6 Å². The summed E-state index contributed by atoms with van der Waals surface area (Å²) in [5.74, 6) is -0.468. The molecule has 0 atom stereocenters. The van der Waals surface area contributed by atoms with E-state index in [1.807, 2.05) is 12.2 Å². The van der Waals surface area contributed by atoms with Gasteiger partial charge in [-0.25, -0.2) is 4.39 Å². The average molecular weight is 222 g/mol. The van der Waals surface area contributed by atoms with Crippen LogP contribution in [0.5, 0.6) is 0 Å². The van der Waals surface area contributed by atoms with E-state index in [4.69, 9.17) is 11.6 Å². The van der Waals surface area contributed by atoms with E-state index in [9.17, 15) is 9.65 Å². The van der Waals surface area contributed by atoms with Gasteiger partial charge in [-0.1, -0.05) is 35.9 Å². The van der Waals surface area contributed by atoms with E-state index in [1.54, 1.807) is 12.1 Å². The van der Waals surface area contributed by atoms with Crippen LogP contribution >= 0.6 is 11.6 Å². The highest BCUT2D eigenvalue weighted by Gasteiger charge is 2.35. The van der Waals surface area contributed by atoms with E-state index >= 15 is 0 Å². The Morgan fingerprint density at radius 2 is 2.00 bits per heavy atom. The molecule has 0 saturated heterocycles. The van der Waals surface area contributed by atoms with Gasteiger partial charge >= 0.3 is 0 Å². The molecule has 0 aliphatic heterocycles. The molecule has 1 aliphatic rings. The first-order valence-corrected chi connectivity index (χ1v) is 5.08. The van der Waals surface area contributed by atoms with E-state index in [1.165, 1.54) is 6.07 Å². The minimum Gasteiger partial charge on any atom is -0.205 e. The van der Waals surface area contributed by atoms with Gasteiger partial charge in [0.2, 0.25) is 0 Å². The van der Waals surface area contributed by atoms with Crippen molar-refractivity contribution in [1.82, 2.24) is 0 Å². The fourth-order valence-electron chi connectivity index (χ4n) is 1.90. The van der Waals surface area contributed by atoms with Gasteiger partial charge in [-0.3, -0.25) is 0 Å². The van der Waals surface area contributed by atoms with E-state index in [0.29, 0.717) is 18.4 Å². The third-order valence-electron chi connectivity index (χ3n) is 2.78. The molecule has 0 aromatic heterocycles. The second-order valence-electron chi connectivity index (χ2n) is 3.67. The number of halogens is 2. The van der Waals surface area contributed by atoms with Crippen LogP contribution < -0.4 is 0 Å². The van der Waals surface area contributed by atoms with Crippen LogP contribution in [-0.4, -0.2) is 0 Å². The van der Waals surface area contributed by atoms with Gasteiger partial charge in [-0.15, -0.1) is 0 Å². The molecular formula is C12H9ClFN. The van der Waals surface area contributed by atoms with Crippen molar-refractivity contribution in [2.24, 2.45) is 0 Å². The maximum Gasteiger partial charge on any atom is 0.146 e. The van der Waals surface area contributed by atoms with Crippen molar-refractivity contribution in [3.05, 3.63) is 46.8 Å². The Bertz CT molecular complexity index is 451. The summed E-state index contributed by atoms with van der Waals surface area (Å²) >= 11 is 5.71. The average Bonchev–Trinajstić information content (AvgIpc) is 2.72. The number of rotatable bonds is 1. The molecule has 0 saturated carbocycles. The molecule has 0 radical (unpaired) electrons. The molecule has 15 heavy (non-hydrogen) atoms. The van der Waals surface area contributed by atoms with Gasteiger partial charge in [-0.05, 0) is 18.9 Å². The molecule has 1 aromatic carbocycles. The van der Waals surface area contributed by atoms with Crippen molar-refractivity contribution in [3.63, 3.8) is 0 Å². The van der Waals surface area contributed by atoms with Gasteiger partial charge in [-0.2, -0.15) is 5.26 Å². The lowest BCUT2D eigenvalue weighted by Crippen LogP contribution is -2.21. The molecule has 0 unspecified atom stereocenters.